The molecule has 0 unspecified atom stereocenters. The van der Waals surface area contributed by atoms with Gasteiger partial charge in [-0.1, -0.05) is 6.07 Å². The molecular weight excluding hydrogens is 212 g/mol. The molecule has 3 heteroatoms. The summed E-state index contributed by atoms with van der Waals surface area (Å²) in [6.07, 6.45) is 0. The fourth-order valence-electron chi connectivity index (χ4n) is 1.35. The molecule has 3 nitrogen and oxygen atoms in total. The highest BCUT2D eigenvalue weighted by atomic mass is 16.3. The Bertz CT molecular complexity index is 450. The summed E-state index contributed by atoms with van der Waals surface area (Å²) in [5.41, 5.74) is 0.999. The number of nitriles is 1. The van der Waals surface area contributed by atoms with Crippen LogP contribution in [0, 0.1) is 18.3 Å². The van der Waals surface area contributed by atoms with Crippen LogP contribution in [0.5, 0.6) is 0 Å². The summed E-state index contributed by atoms with van der Waals surface area (Å²) in [4.78, 5) is 0. The van der Waals surface area contributed by atoms with Crippen LogP contribution in [0.4, 0.5) is 5.69 Å². The summed E-state index contributed by atoms with van der Waals surface area (Å²) in [5, 5.41) is 22.4. The second-order valence-corrected chi connectivity index (χ2v) is 5.47. The minimum atomic E-state index is -0.884. The maximum Gasteiger partial charge on any atom is 0.101 e. The Hall–Kier alpha value is -1.53. The Morgan fingerprint density at radius 2 is 1.82 bits per heavy atom. The third kappa shape index (κ3) is 2.98. The maximum absolute atomic E-state index is 10.1. The van der Waals surface area contributed by atoms with Crippen molar-refractivity contribution in [2.75, 3.05) is 5.32 Å². The fourth-order valence-corrected chi connectivity index (χ4v) is 1.35. The normalized spacial score (nSPS) is 12.1. The molecule has 0 saturated heterocycles. The molecular formula is C14H20N2O. The minimum absolute atomic E-state index is 0.520. The van der Waals surface area contributed by atoms with E-state index >= 15 is 0 Å². The third-order valence-electron chi connectivity index (χ3n) is 3.27. The minimum Gasteiger partial charge on any atom is -0.388 e. The second-order valence-electron chi connectivity index (χ2n) is 5.47. The first-order valence-electron chi connectivity index (χ1n) is 5.69. The van der Waals surface area contributed by atoms with Gasteiger partial charge in [0.05, 0.1) is 22.4 Å². The number of aliphatic hydroxyl groups is 1. The molecule has 1 rings (SSSR count). The predicted octanol–water partition coefficient (Wildman–Crippen LogP) is 2.83. The van der Waals surface area contributed by atoms with Gasteiger partial charge < -0.3 is 10.4 Å². The van der Waals surface area contributed by atoms with E-state index in [-0.39, 0.29) is 0 Å². The molecule has 0 spiro atoms. The van der Waals surface area contributed by atoms with Gasteiger partial charge in [0, 0.05) is 0 Å². The van der Waals surface area contributed by atoms with Gasteiger partial charge >= 0.3 is 0 Å². The van der Waals surface area contributed by atoms with Gasteiger partial charge in [-0.15, -0.1) is 0 Å². The smallest absolute Gasteiger partial charge is 0.101 e. The molecule has 1 aromatic carbocycles. The molecule has 2 N–H and O–H groups in total. The number of rotatable bonds is 3. The van der Waals surface area contributed by atoms with Crippen molar-refractivity contribution in [3.8, 4) is 6.07 Å². The Kier molecular flexibility index (Phi) is 3.49. The van der Waals surface area contributed by atoms with Crippen molar-refractivity contribution in [3.05, 3.63) is 29.3 Å². The topological polar surface area (TPSA) is 56.0 Å². The van der Waals surface area contributed by atoms with E-state index in [0.29, 0.717) is 5.56 Å². The molecule has 0 radical (unpaired) electrons. The van der Waals surface area contributed by atoms with E-state index in [1.807, 2.05) is 39.0 Å². The van der Waals surface area contributed by atoms with Gasteiger partial charge in [0.25, 0.3) is 0 Å². The molecule has 92 valence electrons. The maximum atomic E-state index is 10.1. The number of nitrogens with zero attached hydrogens (tertiary/aromatic N) is 1. The number of hydrogen-bond donors (Lipinski definition) is 2. The predicted molar refractivity (Wildman–Crippen MR) is 69.9 cm³/mol. The van der Waals surface area contributed by atoms with Gasteiger partial charge in [-0.25, -0.2) is 0 Å². The van der Waals surface area contributed by atoms with Crippen molar-refractivity contribution in [2.24, 2.45) is 0 Å². The molecule has 0 saturated carbocycles. The summed E-state index contributed by atoms with van der Waals surface area (Å²) in [6, 6.07) is 7.83. The summed E-state index contributed by atoms with van der Waals surface area (Å²) < 4.78 is 0. The lowest BCUT2D eigenvalue weighted by atomic mass is 9.85. The van der Waals surface area contributed by atoms with Crippen LogP contribution in [-0.4, -0.2) is 16.2 Å². The van der Waals surface area contributed by atoms with Crippen molar-refractivity contribution >= 4 is 5.69 Å². The molecule has 0 aliphatic heterocycles. The Morgan fingerprint density at radius 3 is 2.29 bits per heavy atom. The van der Waals surface area contributed by atoms with Gasteiger partial charge in [-0.05, 0) is 52.3 Å². The van der Waals surface area contributed by atoms with Crippen LogP contribution in [0.15, 0.2) is 18.2 Å². The Balaban J connectivity index is 3.09. The Morgan fingerprint density at radius 1 is 1.24 bits per heavy atom. The molecule has 0 aliphatic rings. The lowest BCUT2D eigenvalue weighted by Crippen LogP contribution is -2.51. The SMILES string of the molecule is Cc1ccc(NC(C)(C)C(C)(C)O)c(C#N)c1. The van der Waals surface area contributed by atoms with Gasteiger partial charge in [0.2, 0.25) is 0 Å². The molecule has 0 amide bonds. The lowest BCUT2D eigenvalue weighted by molar-refractivity contribution is 0.0240. The van der Waals surface area contributed by atoms with Crippen molar-refractivity contribution in [1.29, 1.82) is 5.26 Å². The van der Waals surface area contributed by atoms with Crippen LogP contribution in [0.2, 0.25) is 0 Å². The number of hydrogen-bond acceptors (Lipinski definition) is 3. The largest absolute Gasteiger partial charge is 0.388 e. The summed E-state index contributed by atoms with van der Waals surface area (Å²) in [6.45, 7) is 9.27. The van der Waals surface area contributed by atoms with Crippen LogP contribution >= 0.6 is 0 Å². The van der Waals surface area contributed by atoms with Crippen LogP contribution in [-0.2, 0) is 0 Å². The second kappa shape index (κ2) is 4.38. The molecule has 0 heterocycles. The van der Waals surface area contributed by atoms with E-state index in [4.69, 9.17) is 5.26 Å². The molecule has 0 bridgehead atoms. The van der Waals surface area contributed by atoms with Crippen LogP contribution in [0.3, 0.4) is 0 Å². The molecule has 0 fully saturated rings. The van der Waals surface area contributed by atoms with Gasteiger partial charge in [-0.3, -0.25) is 0 Å². The van der Waals surface area contributed by atoms with E-state index < -0.39 is 11.1 Å². The standard InChI is InChI=1S/C14H20N2O/c1-10-6-7-12(11(8-10)9-15)16-13(2,3)14(4,5)17/h6-8,16-17H,1-5H3. The highest BCUT2D eigenvalue weighted by molar-refractivity contribution is 5.60. The number of anilines is 1. The number of benzene rings is 1. The van der Waals surface area contributed by atoms with E-state index in [1.54, 1.807) is 13.8 Å². The molecule has 0 aliphatic carbocycles. The van der Waals surface area contributed by atoms with E-state index in [2.05, 4.69) is 11.4 Å². The zero-order valence-electron chi connectivity index (χ0n) is 11.1. The average Bonchev–Trinajstić information content (AvgIpc) is 2.18. The zero-order valence-corrected chi connectivity index (χ0v) is 11.1. The lowest BCUT2D eigenvalue weighted by Gasteiger charge is -2.39. The average molecular weight is 232 g/mol. The van der Waals surface area contributed by atoms with Crippen molar-refractivity contribution < 1.29 is 5.11 Å². The first-order valence-corrected chi connectivity index (χ1v) is 5.69. The monoisotopic (exact) mass is 232 g/mol. The quantitative estimate of drug-likeness (QED) is 0.842. The van der Waals surface area contributed by atoms with Crippen molar-refractivity contribution in [3.63, 3.8) is 0 Å². The zero-order chi connectivity index (χ0) is 13.3. The highest BCUT2D eigenvalue weighted by Crippen LogP contribution is 2.27. The Labute approximate surface area is 103 Å². The third-order valence-corrected chi connectivity index (χ3v) is 3.27. The number of aryl methyl sites for hydroxylation is 1. The summed E-state index contributed by atoms with van der Waals surface area (Å²) in [7, 11) is 0. The first-order chi connectivity index (χ1) is 7.67. The van der Waals surface area contributed by atoms with Crippen LogP contribution in [0.1, 0.15) is 38.8 Å². The van der Waals surface area contributed by atoms with Gasteiger partial charge in [0.15, 0.2) is 0 Å². The number of nitrogens with one attached hydrogen (secondary N) is 1. The summed E-state index contributed by atoms with van der Waals surface area (Å²) >= 11 is 0. The van der Waals surface area contributed by atoms with Crippen LogP contribution < -0.4 is 5.32 Å². The fraction of sp³-hybridized carbons (Fsp3) is 0.500. The molecule has 17 heavy (non-hydrogen) atoms. The van der Waals surface area contributed by atoms with Crippen molar-refractivity contribution in [1.82, 2.24) is 0 Å². The van der Waals surface area contributed by atoms with Crippen molar-refractivity contribution in [2.45, 2.75) is 45.8 Å². The van der Waals surface area contributed by atoms with E-state index in [0.717, 1.165) is 11.3 Å². The molecule has 1 aromatic rings. The first kappa shape index (κ1) is 13.5. The summed E-state index contributed by atoms with van der Waals surface area (Å²) in [5.74, 6) is 0. The van der Waals surface area contributed by atoms with E-state index in [9.17, 15) is 5.11 Å². The van der Waals surface area contributed by atoms with Gasteiger partial charge in [0.1, 0.15) is 6.07 Å². The highest BCUT2D eigenvalue weighted by Gasteiger charge is 2.35. The van der Waals surface area contributed by atoms with E-state index in [1.165, 1.54) is 0 Å². The van der Waals surface area contributed by atoms with Crippen LogP contribution in [0.25, 0.3) is 0 Å². The van der Waals surface area contributed by atoms with Gasteiger partial charge in [-0.2, -0.15) is 5.26 Å². The molecule has 0 aromatic heterocycles. The molecule has 0 atom stereocenters.